The zero-order valence-corrected chi connectivity index (χ0v) is 21.5. The maximum Gasteiger partial charge on any atom is 0.259 e. The van der Waals surface area contributed by atoms with Crippen molar-refractivity contribution in [3.63, 3.8) is 0 Å². The van der Waals surface area contributed by atoms with Gasteiger partial charge in [0.2, 0.25) is 0 Å². The number of hydrogen-bond acceptors (Lipinski definition) is 4. The van der Waals surface area contributed by atoms with Gasteiger partial charge in [-0.25, -0.2) is 14.4 Å². The Hall–Kier alpha value is -3.34. The summed E-state index contributed by atoms with van der Waals surface area (Å²) in [7, 11) is 0. The Morgan fingerprint density at radius 1 is 1.17 bits per heavy atom. The number of benzene rings is 2. The first-order valence-electron chi connectivity index (χ1n) is 11.4. The summed E-state index contributed by atoms with van der Waals surface area (Å²) >= 11 is 2.14. The Morgan fingerprint density at radius 2 is 1.94 bits per heavy atom. The molecule has 4 N–H and O–H groups in total. The van der Waals surface area contributed by atoms with Gasteiger partial charge in [0.15, 0.2) is 0 Å². The molecule has 7 nitrogen and oxygen atoms in total. The third-order valence-electron chi connectivity index (χ3n) is 5.86. The minimum absolute atomic E-state index is 0.0487. The van der Waals surface area contributed by atoms with Crippen molar-refractivity contribution < 1.29 is 9.18 Å². The Bertz CT molecular complexity index is 1290. The summed E-state index contributed by atoms with van der Waals surface area (Å²) in [4.78, 5) is 23.6. The first kappa shape index (κ1) is 24.8. The van der Waals surface area contributed by atoms with Crippen LogP contribution in [-0.2, 0) is 6.42 Å². The molecule has 1 amide bonds. The van der Waals surface area contributed by atoms with E-state index in [9.17, 15) is 9.18 Å². The molecule has 0 bridgehead atoms. The molecule has 1 aliphatic heterocycles. The van der Waals surface area contributed by atoms with E-state index >= 15 is 0 Å². The predicted molar refractivity (Wildman–Crippen MR) is 145 cm³/mol. The molecule has 0 unspecified atom stereocenters. The van der Waals surface area contributed by atoms with Gasteiger partial charge in [-0.1, -0.05) is 19.1 Å². The number of pyridine rings is 1. The number of nitrogens with two attached hydrogens (primary N) is 1. The van der Waals surface area contributed by atoms with Gasteiger partial charge in [0, 0.05) is 28.4 Å². The number of likely N-dealkylation sites (tertiary alicyclic amines) is 1. The molecular formula is C26H26FIN6O. The molecule has 1 aromatic heterocycles. The molecule has 4 rings (SSSR count). The van der Waals surface area contributed by atoms with Crippen molar-refractivity contribution in [2.75, 3.05) is 18.4 Å². The van der Waals surface area contributed by atoms with Crippen LogP contribution >= 0.6 is 22.6 Å². The Kier molecular flexibility index (Phi) is 7.74. The fraction of sp³-hybridized carbons (Fsp3) is 0.231. The lowest BCUT2D eigenvalue weighted by molar-refractivity contribution is 0.102. The molecule has 0 radical (unpaired) electrons. The molecule has 0 atom stereocenters. The first-order valence-corrected chi connectivity index (χ1v) is 12.5. The number of anilines is 1. The lowest BCUT2D eigenvalue weighted by atomic mass is 10.1. The molecule has 35 heavy (non-hydrogen) atoms. The van der Waals surface area contributed by atoms with Crippen LogP contribution in [0.1, 0.15) is 46.8 Å². The average Bonchev–Trinajstić information content (AvgIpc) is 3.40. The normalized spacial score (nSPS) is 13.7. The largest absolute Gasteiger partial charge is 0.383 e. The third-order valence-corrected chi connectivity index (χ3v) is 6.50. The van der Waals surface area contributed by atoms with Gasteiger partial charge in [0.25, 0.3) is 5.91 Å². The topological polar surface area (TPSA) is 107 Å². The highest BCUT2D eigenvalue weighted by Crippen LogP contribution is 2.24. The second kappa shape index (κ2) is 10.9. The van der Waals surface area contributed by atoms with E-state index in [1.54, 1.807) is 30.5 Å². The second-order valence-corrected chi connectivity index (χ2v) is 9.50. The van der Waals surface area contributed by atoms with E-state index in [1.165, 1.54) is 12.1 Å². The van der Waals surface area contributed by atoms with Crippen LogP contribution in [-0.4, -0.2) is 40.6 Å². The quantitative estimate of drug-likeness (QED) is 0.213. The SMILES string of the molecule is CCc1ccc(N=C(N)c2ccc(C(=N)N3CCCC3)cc2F)c(C(=O)Nc2ccc(I)cn2)c1. The highest BCUT2D eigenvalue weighted by Gasteiger charge is 2.19. The smallest absolute Gasteiger partial charge is 0.259 e. The van der Waals surface area contributed by atoms with Crippen LogP contribution in [0.4, 0.5) is 15.9 Å². The molecular weight excluding hydrogens is 558 g/mol. The van der Waals surface area contributed by atoms with E-state index in [1.807, 2.05) is 24.0 Å². The van der Waals surface area contributed by atoms with Crippen molar-refractivity contribution in [3.8, 4) is 0 Å². The van der Waals surface area contributed by atoms with Gasteiger partial charge < -0.3 is 16.0 Å². The van der Waals surface area contributed by atoms with Gasteiger partial charge in [-0.05, 0) is 83.8 Å². The number of nitrogens with zero attached hydrogens (tertiary/aromatic N) is 3. The van der Waals surface area contributed by atoms with Crippen molar-refractivity contribution in [1.82, 2.24) is 9.88 Å². The number of nitrogens with one attached hydrogen (secondary N) is 2. The van der Waals surface area contributed by atoms with Gasteiger partial charge in [-0.2, -0.15) is 0 Å². The fourth-order valence-electron chi connectivity index (χ4n) is 3.90. The van der Waals surface area contributed by atoms with E-state index in [0.29, 0.717) is 28.5 Å². The minimum Gasteiger partial charge on any atom is -0.383 e. The number of rotatable bonds is 6. The number of halogens is 2. The number of hydrogen-bond donors (Lipinski definition) is 3. The monoisotopic (exact) mass is 584 g/mol. The molecule has 0 spiro atoms. The highest BCUT2D eigenvalue weighted by atomic mass is 127. The molecule has 0 saturated carbocycles. The maximum absolute atomic E-state index is 15.0. The van der Waals surface area contributed by atoms with Crippen molar-refractivity contribution >= 4 is 51.7 Å². The summed E-state index contributed by atoms with van der Waals surface area (Å²) < 4.78 is 15.9. The second-order valence-electron chi connectivity index (χ2n) is 8.26. The number of aliphatic imine (C=N–C) groups is 1. The van der Waals surface area contributed by atoms with Gasteiger partial charge in [0.1, 0.15) is 23.3 Å². The predicted octanol–water partition coefficient (Wildman–Crippen LogP) is 5.10. The molecule has 180 valence electrons. The molecule has 1 fully saturated rings. The summed E-state index contributed by atoms with van der Waals surface area (Å²) in [6, 6.07) is 13.4. The number of amides is 1. The van der Waals surface area contributed by atoms with Crippen LogP contribution in [0.2, 0.25) is 0 Å². The molecule has 1 aliphatic rings. The van der Waals surface area contributed by atoms with Crippen LogP contribution in [0.5, 0.6) is 0 Å². The summed E-state index contributed by atoms with van der Waals surface area (Å²) in [5.74, 6) is -0.265. The van der Waals surface area contributed by atoms with Gasteiger partial charge in [0.05, 0.1) is 16.8 Å². The standard InChI is InChI=1S/C26H26FIN6O/c1-2-16-5-9-22(20(13-16)26(35)33-23-10-7-18(28)15-31-23)32-24(29)19-8-6-17(14-21(19)27)25(30)34-11-3-4-12-34/h5-10,13-15,30H,2-4,11-12H2,1H3,(H2,29,32)(H,31,33,35). The highest BCUT2D eigenvalue weighted by molar-refractivity contribution is 14.1. The molecule has 1 saturated heterocycles. The van der Waals surface area contributed by atoms with Crippen molar-refractivity contribution in [1.29, 1.82) is 5.41 Å². The van der Waals surface area contributed by atoms with Crippen LogP contribution < -0.4 is 11.1 Å². The average molecular weight is 584 g/mol. The summed E-state index contributed by atoms with van der Waals surface area (Å²) in [5, 5.41) is 11.1. The Balaban J connectivity index is 1.62. The molecule has 2 aromatic carbocycles. The van der Waals surface area contributed by atoms with Gasteiger partial charge in [-0.15, -0.1) is 0 Å². The zero-order chi connectivity index (χ0) is 24.9. The molecule has 0 aliphatic carbocycles. The zero-order valence-electron chi connectivity index (χ0n) is 19.3. The lowest BCUT2D eigenvalue weighted by Gasteiger charge is -2.18. The Labute approximate surface area is 217 Å². The van der Waals surface area contributed by atoms with Crippen LogP contribution in [0.3, 0.4) is 0 Å². The number of aromatic nitrogens is 1. The van der Waals surface area contributed by atoms with Gasteiger partial charge >= 0.3 is 0 Å². The maximum atomic E-state index is 15.0. The number of carbonyl (C=O) groups excluding carboxylic acids is 1. The van der Waals surface area contributed by atoms with E-state index < -0.39 is 5.82 Å². The van der Waals surface area contributed by atoms with E-state index in [-0.39, 0.29) is 17.3 Å². The van der Waals surface area contributed by atoms with Crippen molar-refractivity contribution in [2.24, 2.45) is 10.7 Å². The van der Waals surface area contributed by atoms with Gasteiger partial charge in [-0.3, -0.25) is 10.2 Å². The van der Waals surface area contributed by atoms with Crippen molar-refractivity contribution in [2.45, 2.75) is 26.2 Å². The molecule has 2 heterocycles. The minimum atomic E-state index is -0.563. The number of amidine groups is 2. The van der Waals surface area contributed by atoms with Crippen LogP contribution in [0.15, 0.2) is 59.7 Å². The van der Waals surface area contributed by atoms with Crippen LogP contribution in [0, 0.1) is 14.8 Å². The van der Waals surface area contributed by atoms with E-state index in [0.717, 1.165) is 41.5 Å². The molecule has 3 aromatic rings. The summed E-state index contributed by atoms with van der Waals surface area (Å²) in [6.07, 6.45) is 4.47. The fourth-order valence-corrected chi connectivity index (χ4v) is 4.22. The van der Waals surface area contributed by atoms with Crippen LogP contribution in [0.25, 0.3) is 0 Å². The Morgan fingerprint density at radius 3 is 2.60 bits per heavy atom. The number of carbonyl (C=O) groups is 1. The van der Waals surface area contributed by atoms with Crippen molar-refractivity contribution in [3.05, 3.63) is 86.4 Å². The summed E-state index contributed by atoms with van der Waals surface area (Å²) in [6.45, 7) is 3.61. The number of aryl methyl sites for hydroxylation is 1. The van der Waals surface area contributed by atoms with E-state index in [2.05, 4.69) is 37.9 Å². The first-order chi connectivity index (χ1) is 16.9. The molecule has 9 heteroatoms. The summed E-state index contributed by atoms with van der Waals surface area (Å²) in [5.41, 5.74) is 8.41. The third kappa shape index (κ3) is 5.84. The lowest BCUT2D eigenvalue weighted by Crippen LogP contribution is -2.28. The van der Waals surface area contributed by atoms with E-state index in [4.69, 9.17) is 11.1 Å².